The molecular formula is C19H24N2O. The minimum Gasteiger partial charge on any atom is -0.394 e. The van der Waals surface area contributed by atoms with E-state index in [-0.39, 0.29) is 11.6 Å². The standard InChI is InChI=1S/C19H24N2O/c1-13-8-9-15(12-14(13)2)18-11-10-17(20)19(22)21(18)16-6-4-3-5-7-16/h8-12,16H,3-7,20H2,1-2H3. The molecule has 1 heterocycles. The summed E-state index contributed by atoms with van der Waals surface area (Å²) in [5, 5.41) is 0. The van der Waals surface area contributed by atoms with Crippen LogP contribution >= 0.6 is 0 Å². The molecule has 116 valence electrons. The largest absolute Gasteiger partial charge is 0.394 e. The minimum absolute atomic E-state index is 0.0392. The van der Waals surface area contributed by atoms with Gasteiger partial charge in [-0.1, -0.05) is 31.4 Å². The third kappa shape index (κ3) is 2.68. The van der Waals surface area contributed by atoms with Gasteiger partial charge in [-0.25, -0.2) is 0 Å². The first-order valence-corrected chi connectivity index (χ1v) is 8.16. The van der Waals surface area contributed by atoms with Crippen LogP contribution in [0, 0.1) is 13.8 Å². The van der Waals surface area contributed by atoms with Crippen LogP contribution in [-0.2, 0) is 0 Å². The van der Waals surface area contributed by atoms with Crippen molar-refractivity contribution in [2.75, 3.05) is 5.73 Å². The molecule has 3 heteroatoms. The van der Waals surface area contributed by atoms with E-state index in [4.69, 9.17) is 5.73 Å². The zero-order valence-corrected chi connectivity index (χ0v) is 13.4. The molecule has 3 rings (SSSR count). The molecule has 3 nitrogen and oxygen atoms in total. The summed E-state index contributed by atoms with van der Waals surface area (Å²) in [6.07, 6.45) is 5.80. The smallest absolute Gasteiger partial charge is 0.274 e. The van der Waals surface area contributed by atoms with Gasteiger partial charge in [0.05, 0.1) is 11.4 Å². The van der Waals surface area contributed by atoms with Gasteiger partial charge in [0.25, 0.3) is 5.56 Å². The van der Waals surface area contributed by atoms with Crippen molar-refractivity contribution >= 4 is 5.69 Å². The van der Waals surface area contributed by atoms with Crippen molar-refractivity contribution in [3.05, 3.63) is 51.8 Å². The van der Waals surface area contributed by atoms with Gasteiger partial charge in [0.1, 0.15) is 0 Å². The molecule has 1 aliphatic rings. The molecule has 0 spiro atoms. The van der Waals surface area contributed by atoms with E-state index in [0.29, 0.717) is 5.69 Å². The van der Waals surface area contributed by atoms with Gasteiger partial charge in [0, 0.05) is 6.04 Å². The molecule has 0 unspecified atom stereocenters. The fraction of sp³-hybridized carbons (Fsp3) is 0.421. The number of nitrogens with two attached hydrogens (primary N) is 1. The normalized spacial score (nSPS) is 15.9. The Bertz CT molecular complexity index is 740. The zero-order chi connectivity index (χ0) is 15.7. The van der Waals surface area contributed by atoms with Crippen molar-refractivity contribution in [1.82, 2.24) is 4.57 Å². The molecule has 0 amide bonds. The maximum absolute atomic E-state index is 12.7. The highest BCUT2D eigenvalue weighted by atomic mass is 16.1. The average Bonchev–Trinajstić information content (AvgIpc) is 2.53. The Morgan fingerprint density at radius 1 is 1.00 bits per heavy atom. The van der Waals surface area contributed by atoms with Gasteiger partial charge in [-0.15, -0.1) is 0 Å². The Morgan fingerprint density at radius 3 is 2.41 bits per heavy atom. The molecule has 0 saturated heterocycles. The lowest BCUT2D eigenvalue weighted by Gasteiger charge is -2.27. The number of pyridine rings is 1. The molecule has 0 atom stereocenters. The fourth-order valence-corrected chi connectivity index (χ4v) is 3.41. The Kier molecular flexibility index (Phi) is 4.06. The zero-order valence-electron chi connectivity index (χ0n) is 13.4. The maximum Gasteiger partial charge on any atom is 0.274 e. The second-order valence-corrected chi connectivity index (χ2v) is 6.44. The topological polar surface area (TPSA) is 48.0 Å². The van der Waals surface area contributed by atoms with Crippen LogP contribution in [0.2, 0.25) is 0 Å². The SMILES string of the molecule is Cc1ccc(-c2ccc(N)c(=O)n2C2CCCCC2)cc1C. The van der Waals surface area contributed by atoms with Crippen molar-refractivity contribution in [3.8, 4) is 11.3 Å². The lowest BCUT2D eigenvalue weighted by Crippen LogP contribution is -2.29. The number of nitrogens with zero attached hydrogens (tertiary/aromatic N) is 1. The summed E-state index contributed by atoms with van der Waals surface area (Å²) in [4.78, 5) is 12.7. The molecule has 22 heavy (non-hydrogen) atoms. The summed E-state index contributed by atoms with van der Waals surface area (Å²) in [7, 11) is 0. The summed E-state index contributed by atoms with van der Waals surface area (Å²) in [5.41, 5.74) is 10.8. The first-order valence-electron chi connectivity index (χ1n) is 8.16. The molecule has 1 saturated carbocycles. The molecule has 0 bridgehead atoms. The molecular weight excluding hydrogens is 272 g/mol. The molecule has 1 fully saturated rings. The molecule has 2 aromatic rings. The van der Waals surface area contributed by atoms with E-state index < -0.39 is 0 Å². The van der Waals surface area contributed by atoms with Crippen LogP contribution in [0.1, 0.15) is 49.3 Å². The first kappa shape index (κ1) is 14.9. The second kappa shape index (κ2) is 5.99. The summed E-state index contributed by atoms with van der Waals surface area (Å²) in [5.74, 6) is 0. The minimum atomic E-state index is -0.0392. The molecule has 0 radical (unpaired) electrons. The number of anilines is 1. The van der Waals surface area contributed by atoms with Gasteiger partial charge in [-0.05, 0) is 61.6 Å². The number of aromatic nitrogens is 1. The predicted molar refractivity (Wildman–Crippen MR) is 92.1 cm³/mol. The Labute approximate surface area is 131 Å². The van der Waals surface area contributed by atoms with Crippen LogP contribution in [0.15, 0.2) is 35.1 Å². The van der Waals surface area contributed by atoms with Gasteiger partial charge < -0.3 is 10.3 Å². The van der Waals surface area contributed by atoms with Crippen molar-refractivity contribution in [1.29, 1.82) is 0 Å². The number of nitrogen functional groups attached to an aromatic ring is 1. The Balaban J connectivity index is 2.16. The quantitative estimate of drug-likeness (QED) is 0.902. The highest BCUT2D eigenvalue weighted by Crippen LogP contribution is 2.32. The summed E-state index contributed by atoms with van der Waals surface area (Å²) < 4.78 is 1.94. The van der Waals surface area contributed by atoms with Crippen LogP contribution in [0.25, 0.3) is 11.3 Å². The van der Waals surface area contributed by atoms with Crippen molar-refractivity contribution < 1.29 is 0 Å². The van der Waals surface area contributed by atoms with Crippen LogP contribution < -0.4 is 11.3 Å². The Hall–Kier alpha value is -2.03. The van der Waals surface area contributed by atoms with E-state index in [1.54, 1.807) is 6.07 Å². The van der Waals surface area contributed by atoms with Gasteiger partial charge in [-0.3, -0.25) is 4.79 Å². The van der Waals surface area contributed by atoms with E-state index in [0.717, 1.165) is 24.1 Å². The number of aryl methyl sites for hydroxylation is 2. The molecule has 1 aliphatic carbocycles. The van der Waals surface area contributed by atoms with Crippen molar-refractivity contribution in [2.45, 2.75) is 52.0 Å². The lowest BCUT2D eigenvalue weighted by molar-refractivity contribution is 0.349. The van der Waals surface area contributed by atoms with E-state index >= 15 is 0 Å². The molecule has 0 aliphatic heterocycles. The highest BCUT2D eigenvalue weighted by molar-refractivity contribution is 5.63. The third-order valence-electron chi connectivity index (χ3n) is 4.89. The number of rotatable bonds is 2. The number of hydrogen-bond donors (Lipinski definition) is 1. The van der Waals surface area contributed by atoms with Crippen LogP contribution in [-0.4, -0.2) is 4.57 Å². The average molecular weight is 296 g/mol. The van der Waals surface area contributed by atoms with Crippen LogP contribution in [0.4, 0.5) is 5.69 Å². The van der Waals surface area contributed by atoms with E-state index in [2.05, 4.69) is 32.0 Å². The summed E-state index contributed by atoms with van der Waals surface area (Å²) in [6, 6.07) is 10.4. The van der Waals surface area contributed by atoms with Gasteiger partial charge >= 0.3 is 0 Å². The third-order valence-corrected chi connectivity index (χ3v) is 4.89. The number of hydrogen-bond acceptors (Lipinski definition) is 2. The molecule has 2 N–H and O–H groups in total. The summed E-state index contributed by atoms with van der Waals surface area (Å²) >= 11 is 0. The second-order valence-electron chi connectivity index (χ2n) is 6.44. The van der Waals surface area contributed by atoms with Crippen LogP contribution in [0.5, 0.6) is 0 Å². The van der Waals surface area contributed by atoms with Gasteiger partial charge in [0.15, 0.2) is 0 Å². The summed E-state index contributed by atoms with van der Waals surface area (Å²) in [6.45, 7) is 4.22. The Morgan fingerprint density at radius 2 is 1.73 bits per heavy atom. The van der Waals surface area contributed by atoms with Crippen molar-refractivity contribution in [2.24, 2.45) is 0 Å². The number of benzene rings is 1. The fourth-order valence-electron chi connectivity index (χ4n) is 3.41. The van der Waals surface area contributed by atoms with Crippen LogP contribution in [0.3, 0.4) is 0 Å². The van der Waals surface area contributed by atoms with Gasteiger partial charge in [-0.2, -0.15) is 0 Å². The van der Waals surface area contributed by atoms with E-state index in [1.807, 2.05) is 10.6 Å². The highest BCUT2D eigenvalue weighted by Gasteiger charge is 2.20. The molecule has 1 aromatic carbocycles. The maximum atomic E-state index is 12.7. The lowest BCUT2D eigenvalue weighted by atomic mass is 9.94. The van der Waals surface area contributed by atoms with E-state index in [1.165, 1.54) is 30.4 Å². The van der Waals surface area contributed by atoms with Crippen molar-refractivity contribution in [3.63, 3.8) is 0 Å². The monoisotopic (exact) mass is 296 g/mol. The van der Waals surface area contributed by atoms with Gasteiger partial charge in [0.2, 0.25) is 0 Å². The van der Waals surface area contributed by atoms with E-state index in [9.17, 15) is 4.79 Å². The molecule has 1 aromatic heterocycles. The first-order chi connectivity index (χ1) is 10.6. The predicted octanol–water partition coefficient (Wildman–Crippen LogP) is 4.22.